The van der Waals surface area contributed by atoms with Crippen LogP contribution in [0.4, 0.5) is 10.1 Å². The van der Waals surface area contributed by atoms with Crippen molar-refractivity contribution in [1.29, 1.82) is 0 Å². The molecule has 0 aliphatic carbocycles. The van der Waals surface area contributed by atoms with E-state index in [0.29, 0.717) is 53.4 Å². The topological polar surface area (TPSA) is 56.4 Å². The Morgan fingerprint density at radius 3 is 2.52 bits per heavy atom. The molecule has 4 rings (SSSR count). The zero-order valence-corrected chi connectivity index (χ0v) is 15.2. The third kappa shape index (κ3) is 3.28. The third-order valence-corrected chi connectivity index (χ3v) is 5.08. The van der Waals surface area contributed by atoms with Crippen molar-refractivity contribution in [2.24, 2.45) is 0 Å². The fourth-order valence-corrected chi connectivity index (χ4v) is 3.58. The molecule has 3 aromatic rings. The van der Waals surface area contributed by atoms with E-state index in [1.807, 2.05) is 4.90 Å². The Hall–Kier alpha value is -2.86. The number of aromatic nitrogens is 1. The van der Waals surface area contributed by atoms with Crippen molar-refractivity contribution in [3.8, 4) is 0 Å². The number of hydrogen-bond donors (Lipinski definition) is 1. The number of benzene rings is 2. The molecule has 0 saturated carbocycles. The molecule has 1 saturated heterocycles. The molecule has 2 aromatic carbocycles. The number of carbonyl (C=O) groups is 2. The van der Waals surface area contributed by atoms with E-state index in [-0.39, 0.29) is 5.82 Å². The predicted molar refractivity (Wildman–Crippen MR) is 103 cm³/mol. The SMILES string of the molecule is O=C(C(=O)N1CCN(c2ccccc2F)CC1)c1c[nH]c2cc(Cl)ccc12. The van der Waals surface area contributed by atoms with Gasteiger partial charge in [0, 0.05) is 48.3 Å². The highest BCUT2D eigenvalue weighted by atomic mass is 35.5. The Labute approximate surface area is 160 Å². The van der Waals surface area contributed by atoms with Gasteiger partial charge >= 0.3 is 0 Å². The lowest BCUT2D eigenvalue weighted by Crippen LogP contribution is -2.50. The largest absolute Gasteiger partial charge is 0.366 e. The first-order valence-electron chi connectivity index (χ1n) is 8.64. The summed E-state index contributed by atoms with van der Waals surface area (Å²) in [4.78, 5) is 31.7. The van der Waals surface area contributed by atoms with E-state index in [9.17, 15) is 14.0 Å². The summed E-state index contributed by atoms with van der Waals surface area (Å²) in [6.07, 6.45) is 1.54. The van der Waals surface area contributed by atoms with Crippen LogP contribution in [0.25, 0.3) is 10.9 Å². The van der Waals surface area contributed by atoms with Gasteiger partial charge in [-0.3, -0.25) is 9.59 Å². The number of para-hydroxylation sites is 1. The van der Waals surface area contributed by atoms with E-state index in [4.69, 9.17) is 11.6 Å². The Balaban J connectivity index is 1.47. The van der Waals surface area contributed by atoms with E-state index in [0.717, 1.165) is 0 Å². The molecule has 1 aromatic heterocycles. The maximum atomic E-state index is 13.9. The first-order chi connectivity index (χ1) is 13.0. The highest BCUT2D eigenvalue weighted by molar-refractivity contribution is 6.45. The van der Waals surface area contributed by atoms with Crippen LogP contribution in [0.3, 0.4) is 0 Å². The van der Waals surface area contributed by atoms with Gasteiger partial charge in [-0.05, 0) is 24.3 Å². The summed E-state index contributed by atoms with van der Waals surface area (Å²) in [7, 11) is 0. The molecule has 7 heteroatoms. The molecule has 138 valence electrons. The van der Waals surface area contributed by atoms with Crippen LogP contribution in [0.1, 0.15) is 10.4 Å². The van der Waals surface area contributed by atoms with Gasteiger partial charge in [-0.15, -0.1) is 0 Å². The molecule has 1 N–H and O–H groups in total. The summed E-state index contributed by atoms with van der Waals surface area (Å²) in [6.45, 7) is 1.69. The summed E-state index contributed by atoms with van der Waals surface area (Å²) in [5.41, 5.74) is 1.57. The van der Waals surface area contributed by atoms with Gasteiger partial charge in [0.2, 0.25) is 0 Å². The Morgan fingerprint density at radius 1 is 1.04 bits per heavy atom. The Bertz CT molecular complexity index is 1020. The van der Waals surface area contributed by atoms with Crippen LogP contribution >= 0.6 is 11.6 Å². The normalized spacial score (nSPS) is 14.6. The smallest absolute Gasteiger partial charge is 0.295 e. The molecule has 27 heavy (non-hydrogen) atoms. The molecule has 5 nitrogen and oxygen atoms in total. The molecule has 0 atom stereocenters. The molecule has 0 bridgehead atoms. The number of fused-ring (bicyclic) bond motifs is 1. The second-order valence-corrected chi connectivity index (χ2v) is 6.89. The minimum atomic E-state index is -0.553. The van der Waals surface area contributed by atoms with E-state index >= 15 is 0 Å². The summed E-state index contributed by atoms with van der Waals surface area (Å²) < 4.78 is 13.9. The lowest BCUT2D eigenvalue weighted by atomic mass is 10.1. The lowest BCUT2D eigenvalue weighted by molar-refractivity contribution is -0.126. The fraction of sp³-hybridized carbons (Fsp3) is 0.200. The van der Waals surface area contributed by atoms with Gasteiger partial charge in [0.05, 0.1) is 11.3 Å². The van der Waals surface area contributed by atoms with Crippen LogP contribution in [0, 0.1) is 5.82 Å². The quantitative estimate of drug-likeness (QED) is 0.554. The number of aromatic amines is 1. The number of amides is 1. The van der Waals surface area contributed by atoms with Crippen molar-refractivity contribution < 1.29 is 14.0 Å². The van der Waals surface area contributed by atoms with Gasteiger partial charge in [0.1, 0.15) is 5.82 Å². The molecule has 1 fully saturated rings. The van der Waals surface area contributed by atoms with E-state index in [1.54, 1.807) is 36.4 Å². The molecular formula is C20H17ClFN3O2. The first kappa shape index (κ1) is 17.5. The molecule has 0 unspecified atom stereocenters. The molecule has 1 amide bonds. The van der Waals surface area contributed by atoms with Crippen LogP contribution < -0.4 is 4.90 Å². The second kappa shape index (κ2) is 7.04. The number of hydrogen-bond acceptors (Lipinski definition) is 3. The van der Waals surface area contributed by atoms with E-state index in [1.165, 1.54) is 17.2 Å². The summed E-state index contributed by atoms with van der Waals surface area (Å²) >= 11 is 5.96. The van der Waals surface area contributed by atoms with Crippen molar-refractivity contribution >= 4 is 39.9 Å². The van der Waals surface area contributed by atoms with Gasteiger partial charge in [0.25, 0.3) is 11.7 Å². The summed E-state index contributed by atoms with van der Waals surface area (Å²) in [5.74, 6) is -1.38. The highest BCUT2D eigenvalue weighted by Gasteiger charge is 2.29. The number of nitrogens with one attached hydrogen (secondary N) is 1. The van der Waals surface area contributed by atoms with Gasteiger partial charge in [-0.25, -0.2) is 4.39 Å². The van der Waals surface area contributed by atoms with Gasteiger partial charge in [-0.2, -0.15) is 0 Å². The summed E-state index contributed by atoms with van der Waals surface area (Å²) in [6, 6.07) is 11.7. The number of nitrogens with zero attached hydrogens (tertiary/aromatic N) is 2. The number of anilines is 1. The van der Waals surface area contributed by atoms with Crippen molar-refractivity contribution in [2.45, 2.75) is 0 Å². The monoisotopic (exact) mass is 385 g/mol. The van der Waals surface area contributed by atoms with Crippen LogP contribution in [-0.4, -0.2) is 47.8 Å². The first-order valence-corrected chi connectivity index (χ1v) is 9.02. The van der Waals surface area contributed by atoms with Crippen LogP contribution in [0.5, 0.6) is 0 Å². The number of carbonyl (C=O) groups excluding carboxylic acids is 2. The highest BCUT2D eigenvalue weighted by Crippen LogP contribution is 2.24. The maximum absolute atomic E-state index is 13.9. The van der Waals surface area contributed by atoms with Gasteiger partial charge in [0.15, 0.2) is 0 Å². The molecule has 0 spiro atoms. The predicted octanol–water partition coefficient (Wildman–Crippen LogP) is 3.49. The average molecular weight is 386 g/mol. The summed E-state index contributed by atoms with van der Waals surface area (Å²) in [5, 5.41) is 1.22. The van der Waals surface area contributed by atoms with Gasteiger partial charge in [-0.1, -0.05) is 29.8 Å². The number of rotatable bonds is 3. The van der Waals surface area contributed by atoms with Crippen molar-refractivity contribution in [3.05, 3.63) is 65.1 Å². The van der Waals surface area contributed by atoms with E-state index < -0.39 is 11.7 Å². The maximum Gasteiger partial charge on any atom is 0.295 e. The van der Waals surface area contributed by atoms with Gasteiger partial charge < -0.3 is 14.8 Å². The zero-order chi connectivity index (χ0) is 19.0. The molecule has 1 aliphatic rings. The van der Waals surface area contributed by atoms with E-state index in [2.05, 4.69) is 4.98 Å². The Kier molecular flexibility index (Phi) is 4.58. The number of Topliss-reactive ketones (excluding diaryl/α,β-unsaturated/α-hetero) is 1. The minimum Gasteiger partial charge on any atom is -0.366 e. The second-order valence-electron chi connectivity index (χ2n) is 6.45. The van der Waals surface area contributed by atoms with Crippen LogP contribution in [0.15, 0.2) is 48.7 Å². The van der Waals surface area contributed by atoms with Crippen LogP contribution in [0.2, 0.25) is 5.02 Å². The number of piperazine rings is 1. The van der Waals surface area contributed by atoms with Crippen molar-refractivity contribution in [1.82, 2.24) is 9.88 Å². The van der Waals surface area contributed by atoms with Crippen LogP contribution in [-0.2, 0) is 4.79 Å². The van der Waals surface area contributed by atoms with Crippen molar-refractivity contribution in [3.63, 3.8) is 0 Å². The standard InChI is InChI=1S/C20H17ClFN3O2/c21-13-5-6-14-15(12-23-17(14)11-13)19(26)20(27)25-9-7-24(8-10-25)18-4-2-1-3-16(18)22/h1-6,11-12,23H,7-10H2. The Morgan fingerprint density at radius 2 is 1.78 bits per heavy atom. The minimum absolute atomic E-state index is 0.286. The number of halogens is 2. The third-order valence-electron chi connectivity index (χ3n) is 4.84. The molecule has 2 heterocycles. The lowest BCUT2D eigenvalue weighted by Gasteiger charge is -2.35. The zero-order valence-electron chi connectivity index (χ0n) is 14.4. The fourth-order valence-electron chi connectivity index (χ4n) is 3.40. The molecule has 1 aliphatic heterocycles. The number of H-pyrrole nitrogens is 1. The molecular weight excluding hydrogens is 369 g/mol. The average Bonchev–Trinajstić information content (AvgIpc) is 3.10. The number of ketones is 1. The van der Waals surface area contributed by atoms with Crippen molar-refractivity contribution in [2.75, 3.05) is 31.1 Å². The molecule has 0 radical (unpaired) electrons.